The van der Waals surface area contributed by atoms with E-state index in [2.05, 4.69) is 5.16 Å². The molecular weight excluding hydrogens is 228 g/mol. The van der Waals surface area contributed by atoms with Gasteiger partial charge in [0.25, 0.3) is 0 Å². The Morgan fingerprint density at radius 3 is 2.59 bits per heavy atom. The van der Waals surface area contributed by atoms with Gasteiger partial charge in [-0.15, -0.1) is 0 Å². The molecule has 1 fully saturated rings. The molecule has 1 saturated heterocycles. The van der Waals surface area contributed by atoms with Gasteiger partial charge >= 0.3 is 12.1 Å². The lowest BCUT2D eigenvalue weighted by atomic mass is 10.2. The van der Waals surface area contributed by atoms with Gasteiger partial charge in [-0.25, -0.2) is 9.59 Å². The van der Waals surface area contributed by atoms with Crippen LogP contribution in [0.2, 0.25) is 0 Å². The van der Waals surface area contributed by atoms with Crippen LogP contribution in [0.5, 0.6) is 0 Å². The first-order valence-corrected chi connectivity index (χ1v) is 5.46. The fourth-order valence-electron chi connectivity index (χ4n) is 1.67. The molecular formula is C10H16N2O5. The molecule has 1 atom stereocenters. The van der Waals surface area contributed by atoms with Gasteiger partial charge in [-0.1, -0.05) is 5.16 Å². The summed E-state index contributed by atoms with van der Waals surface area (Å²) in [6, 6.07) is -0.973. The number of nitrogens with zero attached hydrogens (tertiary/aromatic N) is 2. The van der Waals surface area contributed by atoms with Gasteiger partial charge in [0.15, 0.2) is 6.04 Å². The van der Waals surface area contributed by atoms with Crippen molar-refractivity contribution in [2.75, 3.05) is 19.8 Å². The highest BCUT2D eigenvalue weighted by Crippen LogP contribution is 2.17. The largest absolute Gasteiger partial charge is 0.464 e. The van der Waals surface area contributed by atoms with E-state index in [0.29, 0.717) is 6.42 Å². The van der Waals surface area contributed by atoms with Crippen molar-refractivity contribution in [1.29, 1.82) is 0 Å². The molecule has 0 radical (unpaired) electrons. The average Bonchev–Trinajstić information content (AvgIpc) is 2.73. The van der Waals surface area contributed by atoms with Gasteiger partial charge in [0.1, 0.15) is 0 Å². The molecule has 17 heavy (non-hydrogen) atoms. The van der Waals surface area contributed by atoms with Crippen molar-refractivity contribution >= 4 is 17.8 Å². The summed E-state index contributed by atoms with van der Waals surface area (Å²) in [5.74, 6) is -0.606. The van der Waals surface area contributed by atoms with Gasteiger partial charge in [0.2, 0.25) is 0 Å². The van der Waals surface area contributed by atoms with E-state index in [0.717, 1.165) is 0 Å². The normalized spacial score (nSPS) is 21.6. The van der Waals surface area contributed by atoms with Crippen molar-refractivity contribution in [3.05, 3.63) is 0 Å². The van der Waals surface area contributed by atoms with Crippen LogP contribution in [-0.4, -0.2) is 53.7 Å². The second-order valence-electron chi connectivity index (χ2n) is 3.39. The Kier molecular flexibility index (Phi) is 4.74. The van der Waals surface area contributed by atoms with Crippen molar-refractivity contribution in [3.8, 4) is 0 Å². The maximum absolute atomic E-state index is 11.7. The number of hydrogen-bond acceptors (Lipinski definition) is 6. The number of hydrogen-bond donors (Lipinski definition) is 1. The first-order chi connectivity index (χ1) is 8.15. The third kappa shape index (κ3) is 2.86. The predicted molar refractivity (Wildman–Crippen MR) is 58.0 cm³/mol. The Morgan fingerprint density at radius 1 is 1.41 bits per heavy atom. The molecule has 1 aliphatic heterocycles. The van der Waals surface area contributed by atoms with Gasteiger partial charge in [-0.3, -0.25) is 4.90 Å². The lowest BCUT2D eigenvalue weighted by Gasteiger charge is -2.21. The highest BCUT2D eigenvalue weighted by atomic mass is 16.6. The fourth-order valence-corrected chi connectivity index (χ4v) is 1.67. The second kappa shape index (κ2) is 6.07. The van der Waals surface area contributed by atoms with E-state index in [1.54, 1.807) is 13.8 Å². The molecule has 0 aromatic rings. The van der Waals surface area contributed by atoms with Gasteiger partial charge in [-0.2, -0.15) is 0 Å². The molecule has 1 rings (SSSR count). The van der Waals surface area contributed by atoms with Crippen molar-refractivity contribution in [1.82, 2.24) is 4.90 Å². The maximum Gasteiger partial charge on any atom is 0.410 e. The Balaban J connectivity index is 2.83. The second-order valence-corrected chi connectivity index (χ2v) is 3.39. The van der Waals surface area contributed by atoms with Crippen LogP contribution in [0.4, 0.5) is 4.79 Å². The summed E-state index contributed by atoms with van der Waals surface area (Å²) in [4.78, 5) is 24.5. The molecule has 1 N–H and O–H groups in total. The monoisotopic (exact) mass is 244 g/mol. The molecule has 1 aliphatic rings. The van der Waals surface area contributed by atoms with Crippen LogP contribution in [0.3, 0.4) is 0 Å². The molecule has 7 nitrogen and oxygen atoms in total. The molecule has 0 spiro atoms. The maximum atomic E-state index is 11.7. The zero-order chi connectivity index (χ0) is 12.8. The fraction of sp³-hybridized carbons (Fsp3) is 0.700. The molecule has 1 heterocycles. The minimum absolute atomic E-state index is 0.199. The Bertz CT molecular complexity index is 329. The van der Waals surface area contributed by atoms with Crippen LogP contribution in [0, 0.1) is 0 Å². The molecule has 7 heteroatoms. The van der Waals surface area contributed by atoms with Gasteiger partial charge < -0.3 is 14.7 Å². The summed E-state index contributed by atoms with van der Waals surface area (Å²) in [6.45, 7) is 4.04. The highest BCUT2D eigenvalue weighted by Gasteiger charge is 2.41. The van der Waals surface area contributed by atoms with E-state index < -0.39 is 18.1 Å². The van der Waals surface area contributed by atoms with Crippen LogP contribution in [0.15, 0.2) is 5.16 Å². The Morgan fingerprint density at radius 2 is 2.06 bits per heavy atom. The molecule has 96 valence electrons. The number of ether oxygens (including phenoxy) is 2. The van der Waals surface area contributed by atoms with Crippen molar-refractivity contribution < 1.29 is 24.3 Å². The van der Waals surface area contributed by atoms with Crippen LogP contribution >= 0.6 is 0 Å². The first-order valence-electron chi connectivity index (χ1n) is 5.46. The van der Waals surface area contributed by atoms with Gasteiger partial charge in [-0.05, 0) is 13.8 Å². The van der Waals surface area contributed by atoms with Crippen LogP contribution in [0.25, 0.3) is 0 Å². The molecule has 0 bridgehead atoms. The van der Waals surface area contributed by atoms with Crippen molar-refractivity contribution in [3.63, 3.8) is 0 Å². The van der Waals surface area contributed by atoms with E-state index in [1.807, 2.05) is 0 Å². The van der Waals surface area contributed by atoms with Gasteiger partial charge in [0, 0.05) is 13.0 Å². The number of carbonyl (C=O) groups excluding carboxylic acids is 2. The SMILES string of the molecule is CCOC(=O)C1C(=NO)CCN1C(=O)OCC. The number of carbonyl (C=O) groups is 2. The average molecular weight is 244 g/mol. The minimum atomic E-state index is -0.973. The lowest BCUT2D eigenvalue weighted by Crippen LogP contribution is -2.44. The van der Waals surface area contributed by atoms with E-state index in [9.17, 15) is 9.59 Å². The molecule has 0 saturated carbocycles. The third-order valence-corrected chi connectivity index (χ3v) is 2.38. The number of rotatable bonds is 3. The molecule has 1 amide bonds. The number of likely N-dealkylation sites (tertiary alicyclic amines) is 1. The molecule has 0 aromatic heterocycles. The Hall–Kier alpha value is -1.79. The summed E-state index contributed by atoms with van der Waals surface area (Å²) in [5, 5.41) is 11.8. The number of esters is 1. The topological polar surface area (TPSA) is 88.4 Å². The molecule has 0 aromatic carbocycles. The van der Waals surface area contributed by atoms with Crippen LogP contribution < -0.4 is 0 Å². The minimum Gasteiger partial charge on any atom is -0.464 e. The number of amides is 1. The summed E-state index contributed by atoms with van der Waals surface area (Å²) < 4.78 is 9.66. The molecule has 1 unspecified atom stereocenters. The molecule has 0 aliphatic carbocycles. The third-order valence-electron chi connectivity index (χ3n) is 2.38. The van der Waals surface area contributed by atoms with E-state index in [4.69, 9.17) is 14.7 Å². The zero-order valence-corrected chi connectivity index (χ0v) is 9.88. The summed E-state index contributed by atoms with van der Waals surface area (Å²) in [5.41, 5.74) is 0.219. The van der Waals surface area contributed by atoms with Crippen LogP contribution in [-0.2, 0) is 14.3 Å². The van der Waals surface area contributed by atoms with Crippen molar-refractivity contribution in [2.24, 2.45) is 5.16 Å². The van der Waals surface area contributed by atoms with E-state index >= 15 is 0 Å². The zero-order valence-electron chi connectivity index (χ0n) is 9.88. The van der Waals surface area contributed by atoms with Gasteiger partial charge in [0.05, 0.1) is 18.9 Å². The standard InChI is InChI=1S/C10H16N2O5/c1-3-16-9(13)8-7(11-15)5-6-12(8)10(14)17-4-2/h8,15H,3-6H2,1-2H3. The van der Waals surface area contributed by atoms with E-state index in [-0.39, 0.29) is 25.5 Å². The summed E-state index contributed by atoms with van der Waals surface area (Å²) in [6.07, 6.45) is -0.275. The Labute approximate surface area is 99.0 Å². The highest BCUT2D eigenvalue weighted by molar-refractivity contribution is 6.09. The smallest absolute Gasteiger partial charge is 0.410 e. The number of oxime groups is 1. The van der Waals surface area contributed by atoms with Crippen LogP contribution in [0.1, 0.15) is 20.3 Å². The van der Waals surface area contributed by atoms with E-state index in [1.165, 1.54) is 4.90 Å². The predicted octanol–water partition coefficient (Wildman–Crippen LogP) is 0.610. The summed E-state index contributed by atoms with van der Waals surface area (Å²) in [7, 11) is 0. The summed E-state index contributed by atoms with van der Waals surface area (Å²) >= 11 is 0. The van der Waals surface area contributed by atoms with Crippen molar-refractivity contribution in [2.45, 2.75) is 26.3 Å². The quantitative estimate of drug-likeness (QED) is 0.446. The lowest BCUT2D eigenvalue weighted by molar-refractivity contribution is -0.145. The first kappa shape index (κ1) is 13.3.